The maximum absolute atomic E-state index is 12.9. The van der Waals surface area contributed by atoms with Gasteiger partial charge in [0.2, 0.25) is 5.91 Å². The molecular weight excluding hydrogens is 584 g/mol. The highest BCUT2D eigenvalue weighted by Crippen LogP contribution is 2.32. The minimum Gasteiger partial charge on any atom is -0.452 e. The van der Waals surface area contributed by atoms with Gasteiger partial charge in [0.05, 0.1) is 23.7 Å². The van der Waals surface area contributed by atoms with Crippen LogP contribution in [0.5, 0.6) is 0 Å². The molecule has 0 bridgehead atoms. The third kappa shape index (κ3) is 7.91. The van der Waals surface area contributed by atoms with Crippen molar-refractivity contribution in [2.45, 2.75) is 6.92 Å². The molecule has 2 fully saturated rings. The predicted molar refractivity (Wildman–Crippen MR) is 167 cm³/mol. The second-order valence-electron chi connectivity index (χ2n) is 10.1. The number of imide groups is 1. The minimum absolute atomic E-state index is 0.153. The third-order valence-corrected chi connectivity index (χ3v) is 7.72. The lowest BCUT2D eigenvalue weighted by Crippen LogP contribution is -2.36. The van der Waals surface area contributed by atoms with Crippen molar-refractivity contribution in [3.05, 3.63) is 94.4 Å². The average molecular weight is 615 g/mol. The summed E-state index contributed by atoms with van der Waals surface area (Å²) in [6.45, 7) is 3.99. The highest BCUT2D eigenvalue weighted by molar-refractivity contribution is 8.18. The lowest BCUT2D eigenvalue weighted by molar-refractivity contribution is -0.127. The van der Waals surface area contributed by atoms with E-state index in [0.29, 0.717) is 30.2 Å². The first-order valence-corrected chi connectivity index (χ1v) is 14.7. The Kier molecular flexibility index (Phi) is 9.72. The summed E-state index contributed by atoms with van der Waals surface area (Å²) in [4.78, 5) is 65.8. The molecular formula is C32H30N4O7S. The Morgan fingerprint density at radius 1 is 0.864 bits per heavy atom. The summed E-state index contributed by atoms with van der Waals surface area (Å²) in [7, 11) is 0. The normalized spacial score (nSPS) is 15.8. The number of hydrogen-bond acceptors (Lipinski definition) is 9. The van der Waals surface area contributed by atoms with E-state index >= 15 is 0 Å². The van der Waals surface area contributed by atoms with Crippen LogP contribution in [-0.4, -0.2) is 73.3 Å². The van der Waals surface area contributed by atoms with E-state index in [0.717, 1.165) is 41.0 Å². The van der Waals surface area contributed by atoms with Gasteiger partial charge in [-0.2, -0.15) is 0 Å². The van der Waals surface area contributed by atoms with Gasteiger partial charge >= 0.3 is 5.97 Å². The fourth-order valence-corrected chi connectivity index (χ4v) is 5.31. The van der Waals surface area contributed by atoms with Gasteiger partial charge in [-0.15, -0.1) is 0 Å². The van der Waals surface area contributed by atoms with Crippen molar-refractivity contribution in [3.63, 3.8) is 0 Å². The molecule has 0 spiro atoms. The number of morpholine rings is 1. The zero-order valence-electron chi connectivity index (χ0n) is 23.9. The van der Waals surface area contributed by atoms with Crippen LogP contribution in [0.3, 0.4) is 0 Å². The van der Waals surface area contributed by atoms with E-state index in [1.54, 1.807) is 36.4 Å². The molecule has 0 unspecified atom stereocenters. The molecule has 4 amide bonds. The smallest absolute Gasteiger partial charge is 0.338 e. The number of carbonyl (C=O) groups excluding carboxylic acids is 5. The molecule has 44 heavy (non-hydrogen) atoms. The van der Waals surface area contributed by atoms with Gasteiger partial charge in [-0.3, -0.25) is 24.1 Å². The molecule has 0 atom stereocenters. The van der Waals surface area contributed by atoms with Crippen molar-refractivity contribution in [3.8, 4) is 0 Å². The number of hydrogen-bond donors (Lipinski definition) is 2. The molecule has 5 rings (SSSR count). The molecule has 2 aliphatic heterocycles. The predicted octanol–water partition coefficient (Wildman–Crippen LogP) is 4.30. The Morgan fingerprint density at radius 3 is 2.14 bits per heavy atom. The Bertz CT molecular complexity index is 1580. The fraction of sp³-hybridized carbons (Fsp3) is 0.219. The van der Waals surface area contributed by atoms with E-state index < -0.39 is 42.1 Å². The topological polar surface area (TPSA) is 134 Å². The number of aryl methyl sites for hydroxylation is 1. The van der Waals surface area contributed by atoms with Crippen LogP contribution >= 0.6 is 11.8 Å². The first-order chi connectivity index (χ1) is 21.2. The number of carbonyl (C=O) groups is 5. The Labute approximate surface area is 258 Å². The van der Waals surface area contributed by atoms with Crippen LogP contribution in [0.1, 0.15) is 21.5 Å². The molecule has 3 aromatic rings. The molecule has 2 N–H and O–H groups in total. The lowest BCUT2D eigenvalue weighted by Gasteiger charge is -2.28. The van der Waals surface area contributed by atoms with Crippen molar-refractivity contribution < 1.29 is 33.4 Å². The first-order valence-electron chi connectivity index (χ1n) is 13.9. The minimum atomic E-state index is -0.683. The number of nitrogens with zero attached hydrogens (tertiary/aromatic N) is 2. The van der Waals surface area contributed by atoms with E-state index in [1.807, 2.05) is 31.2 Å². The number of ether oxygens (including phenoxy) is 2. The molecule has 2 heterocycles. The Morgan fingerprint density at radius 2 is 1.48 bits per heavy atom. The van der Waals surface area contributed by atoms with Crippen LogP contribution < -0.4 is 15.5 Å². The zero-order valence-corrected chi connectivity index (χ0v) is 24.7. The maximum atomic E-state index is 12.9. The largest absolute Gasteiger partial charge is 0.452 e. The highest BCUT2D eigenvalue weighted by Gasteiger charge is 2.36. The number of anilines is 3. The summed E-state index contributed by atoms with van der Waals surface area (Å²) in [5.41, 5.74) is 4.01. The Balaban J connectivity index is 1.11. The molecule has 0 aromatic heterocycles. The van der Waals surface area contributed by atoms with Crippen molar-refractivity contribution in [2.75, 3.05) is 55.0 Å². The van der Waals surface area contributed by atoms with Crippen LogP contribution in [0.2, 0.25) is 0 Å². The molecule has 11 nitrogen and oxygen atoms in total. The quantitative estimate of drug-likeness (QED) is 0.267. The van der Waals surface area contributed by atoms with Crippen molar-refractivity contribution in [1.82, 2.24) is 4.90 Å². The Hall–Kier alpha value is -4.94. The summed E-state index contributed by atoms with van der Waals surface area (Å²) >= 11 is 0.733. The van der Waals surface area contributed by atoms with Gasteiger partial charge in [0.1, 0.15) is 6.54 Å². The van der Waals surface area contributed by atoms with E-state index in [-0.39, 0.29) is 10.5 Å². The fourth-order valence-electron chi connectivity index (χ4n) is 4.47. The number of benzene rings is 3. The van der Waals surface area contributed by atoms with Crippen LogP contribution in [0.15, 0.2) is 77.7 Å². The zero-order chi connectivity index (χ0) is 31.1. The van der Waals surface area contributed by atoms with Crippen LogP contribution in [0, 0.1) is 6.92 Å². The van der Waals surface area contributed by atoms with E-state index in [4.69, 9.17) is 9.47 Å². The van der Waals surface area contributed by atoms with E-state index in [1.165, 1.54) is 18.2 Å². The molecule has 3 aromatic carbocycles. The monoisotopic (exact) mass is 614 g/mol. The van der Waals surface area contributed by atoms with Crippen LogP contribution in [0.25, 0.3) is 6.08 Å². The summed E-state index contributed by atoms with van der Waals surface area (Å²) in [6, 6.07) is 20.7. The van der Waals surface area contributed by atoms with E-state index in [2.05, 4.69) is 15.5 Å². The molecule has 2 aliphatic rings. The van der Waals surface area contributed by atoms with Gasteiger partial charge in [-0.1, -0.05) is 29.8 Å². The van der Waals surface area contributed by atoms with Gasteiger partial charge in [0.25, 0.3) is 17.1 Å². The number of thioether (sulfide) groups is 1. The van der Waals surface area contributed by atoms with E-state index in [9.17, 15) is 24.0 Å². The van der Waals surface area contributed by atoms with Gasteiger partial charge in [0, 0.05) is 30.2 Å². The van der Waals surface area contributed by atoms with Crippen molar-refractivity contribution >= 4 is 63.8 Å². The standard InChI is InChI=1S/C32H30N4O7S/c1-21-2-8-24(9-3-21)34-29(38)20-43-31(40)23-6-4-22(5-7-23)18-27-30(39)36(32(41)44-27)19-28(37)33-25-10-12-26(13-11-25)35-14-16-42-17-15-35/h2-13,18H,14-17,19-20H2,1H3,(H,33,37)(H,34,38)/b27-18-. The highest BCUT2D eigenvalue weighted by atomic mass is 32.2. The van der Waals surface area contributed by atoms with Crippen molar-refractivity contribution in [2.24, 2.45) is 0 Å². The number of amides is 4. The first kappa shape index (κ1) is 30.5. The van der Waals surface area contributed by atoms with Crippen molar-refractivity contribution in [1.29, 1.82) is 0 Å². The van der Waals surface area contributed by atoms with Gasteiger partial charge in [0.15, 0.2) is 6.61 Å². The lowest BCUT2D eigenvalue weighted by atomic mass is 10.1. The molecule has 2 saturated heterocycles. The molecule has 0 saturated carbocycles. The van der Waals surface area contributed by atoms with Gasteiger partial charge in [-0.05, 0) is 78.9 Å². The molecule has 12 heteroatoms. The second kappa shape index (κ2) is 14.0. The summed E-state index contributed by atoms with van der Waals surface area (Å²) in [5, 5.41) is 4.83. The number of esters is 1. The molecule has 226 valence electrons. The SMILES string of the molecule is Cc1ccc(NC(=O)COC(=O)c2ccc(/C=C3\SC(=O)N(CC(=O)Nc4ccc(N5CCOCC5)cc4)C3=O)cc2)cc1. The summed E-state index contributed by atoms with van der Waals surface area (Å²) < 4.78 is 10.5. The number of rotatable bonds is 9. The van der Waals surface area contributed by atoms with Gasteiger partial charge < -0.3 is 25.0 Å². The third-order valence-electron chi connectivity index (χ3n) is 6.82. The maximum Gasteiger partial charge on any atom is 0.338 e. The number of nitrogens with one attached hydrogen (secondary N) is 2. The second-order valence-corrected chi connectivity index (χ2v) is 11.1. The van der Waals surface area contributed by atoms with Crippen LogP contribution in [0.4, 0.5) is 21.9 Å². The summed E-state index contributed by atoms with van der Waals surface area (Å²) in [6.07, 6.45) is 1.51. The summed E-state index contributed by atoms with van der Waals surface area (Å²) in [5.74, 6) is -2.23. The average Bonchev–Trinajstić information content (AvgIpc) is 3.29. The molecule has 0 aliphatic carbocycles. The van der Waals surface area contributed by atoms with Gasteiger partial charge in [-0.25, -0.2) is 4.79 Å². The van der Waals surface area contributed by atoms with Crippen LogP contribution in [-0.2, 0) is 23.9 Å². The molecule has 0 radical (unpaired) electrons.